The standard InChI is InChI=1S/C23H28N4/c1-3-26(4-2)16-10-5-11-17-27-21-15-9-6-12-18(21)22-23(27)25-20-14-8-7-13-19(20)24-22/h6-9,12-15H,3-5,10-11,16-17H2,1-2H3. The minimum atomic E-state index is 0.965. The summed E-state index contributed by atoms with van der Waals surface area (Å²) in [6.07, 6.45) is 3.67. The molecule has 0 radical (unpaired) electrons. The zero-order chi connectivity index (χ0) is 18.6. The summed E-state index contributed by atoms with van der Waals surface area (Å²) in [6.45, 7) is 8.97. The largest absolute Gasteiger partial charge is 0.324 e. The van der Waals surface area contributed by atoms with Crippen LogP contribution in [-0.2, 0) is 6.54 Å². The Morgan fingerprint density at radius 2 is 1.52 bits per heavy atom. The Hall–Kier alpha value is -2.46. The molecule has 2 aromatic carbocycles. The van der Waals surface area contributed by atoms with E-state index in [0.717, 1.165) is 41.8 Å². The first-order chi connectivity index (χ1) is 13.3. The molecule has 4 aromatic rings. The third-order valence-electron chi connectivity index (χ3n) is 5.51. The van der Waals surface area contributed by atoms with Crippen molar-refractivity contribution < 1.29 is 0 Å². The average molecular weight is 361 g/mol. The highest BCUT2D eigenvalue weighted by atomic mass is 15.1. The lowest BCUT2D eigenvalue weighted by atomic mass is 10.2. The predicted molar refractivity (Wildman–Crippen MR) is 114 cm³/mol. The number of nitrogens with zero attached hydrogens (tertiary/aromatic N) is 4. The summed E-state index contributed by atoms with van der Waals surface area (Å²) >= 11 is 0. The highest BCUT2D eigenvalue weighted by Crippen LogP contribution is 2.28. The second-order valence-corrected chi connectivity index (χ2v) is 7.14. The number of unbranched alkanes of at least 4 members (excludes halogenated alkanes) is 2. The summed E-state index contributed by atoms with van der Waals surface area (Å²) in [5.74, 6) is 0. The van der Waals surface area contributed by atoms with Gasteiger partial charge in [0.15, 0.2) is 5.65 Å². The summed E-state index contributed by atoms with van der Waals surface area (Å²) in [6, 6.07) is 16.7. The first kappa shape index (κ1) is 17.9. The predicted octanol–water partition coefficient (Wildman–Crippen LogP) is 5.25. The first-order valence-electron chi connectivity index (χ1n) is 10.2. The van der Waals surface area contributed by atoms with E-state index in [1.807, 2.05) is 24.3 Å². The molecular formula is C23H28N4. The smallest absolute Gasteiger partial charge is 0.160 e. The van der Waals surface area contributed by atoms with Gasteiger partial charge in [-0.25, -0.2) is 9.97 Å². The van der Waals surface area contributed by atoms with Crippen LogP contribution < -0.4 is 0 Å². The number of fused-ring (bicyclic) bond motifs is 4. The minimum Gasteiger partial charge on any atom is -0.324 e. The quantitative estimate of drug-likeness (QED) is 0.402. The highest BCUT2D eigenvalue weighted by Gasteiger charge is 2.13. The van der Waals surface area contributed by atoms with Gasteiger partial charge in [0.2, 0.25) is 0 Å². The van der Waals surface area contributed by atoms with Crippen LogP contribution in [0, 0.1) is 0 Å². The normalized spacial score (nSPS) is 12.0. The van der Waals surface area contributed by atoms with Crippen molar-refractivity contribution in [3.05, 3.63) is 48.5 Å². The van der Waals surface area contributed by atoms with Gasteiger partial charge in [0.1, 0.15) is 5.52 Å². The lowest BCUT2D eigenvalue weighted by molar-refractivity contribution is 0.295. The molecule has 0 aliphatic carbocycles. The first-order valence-corrected chi connectivity index (χ1v) is 10.2. The Morgan fingerprint density at radius 3 is 2.30 bits per heavy atom. The van der Waals surface area contributed by atoms with Crippen LogP contribution >= 0.6 is 0 Å². The van der Waals surface area contributed by atoms with Crippen molar-refractivity contribution in [3.63, 3.8) is 0 Å². The summed E-state index contributed by atoms with van der Waals surface area (Å²) in [4.78, 5) is 12.4. The number of rotatable bonds is 8. The molecule has 2 aromatic heterocycles. The second kappa shape index (κ2) is 8.05. The fourth-order valence-electron chi connectivity index (χ4n) is 3.93. The van der Waals surface area contributed by atoms with Gasteiger partial charge in [-0.2, -0.15) is 0 Å². The van der Waals surface area contributed by atoms with E-state index in [-0.39, 0.29) is 0 Å². The van der Waals surface area contributed by atoms with Crippen LogP contribution in [0.25, 0.3) is 33.1 Å². The molecule has 0 atom stereocenters. The maximum Gasteiger partial charge on any atom is 0.160 e. The van der Waals surface area contributed by atoms with E-state index in [1.54, 1.807) is 0 Å². The van der Waals surface area contributed by atoms with Crippen molar-refractivity contribution in [2.75, 3.05) is 19.6 Å². The summed E-state index contributed by atoms with van der Waals surface area (Å²) in [5.41, 5.74) is 5.21. The van der Waals surface area contributed by atoms with Gasteiger partial charge in [-0.05, 0) is 50.7 Å². The molecule has 27 heavy (non-hydrogen) atoms. The summed E-state index contributed by atoms with van der Waals surface area (Å²) in [5, 5.41) is 1.20. The molecule has 0 unspecified atom stereocenters. The fourth-order valence-corrected chi connectivity index (χ4v) is 3.93. The van der Waals surface area contributed by atoms with Crippen molar-refractivity contribution >= 4 is 33.1 Å². The molecule has 0 bridgehead atoms. The molecule has 0 fully saturated rings. The van der Waals surface area contributed by atoms with Crippen molar-refractivity contribution in [1.29, 1.82) is 0 Å². The highest BCUT2D eigenvalue weighted by molar-refractivity contribution is 6.06. The SMILES string of the molecule is CCN(CC)CCCCCn1c2ccccc2c2nc3ccccc3nc21. The van der Waals surface area contributed by atoms with Crippen LogP contribution in [0.4, 0.5) is 0 Å². The maximum absolute atomic E-state index is 4.96. The van der Waals surface area contributed by atoms with Gasteiger partial charge in [0, 0.05) is 11.9 Å². The number of aryl methyl sites for hydroxylation is 1. The zero-order valence-electron chi connectivity index (χ0n) is 16.4. The van der Waals surface area contributed by atoms with Crippen LogP contribution in [0.2, 0.25) is 0 Å². The maximum atomic E-state index is 4.96. The number of para-hydroxylation sites is 3. The summed E-state index contributed by atoms with van der Waals surface area (Å²) < 4.78 is 2.36. The molecule has 0 saturated carbocycles. The average Bonchev–Trinajstić information content (AvgIpc) is 3.02. The molecular weight excluding hydrogens is 332 g/mol. The van der Waals surface area contributed by atoms with Crippen LogP contribution in [0.15, 0.2) is 48.5 Å². The third kappa shape index (κ3) is 3.54. The monoisotopic (exact) mass is 360 g/mol. The van der Waals surface area contributed by atoms with Crippen molar-refractivity contribution in [2.24, 2.45) is 0 Å². The number of benzene rings is 2. The molecule has 4 rings (SSSR count). The van der Waals surface area contributed by atoms with E-state index in [1.165, 1.54) is 36.7 Å². The van der Waals surface area contributed by atoms with Crippen LogP contribution in [0.3, 0.4) is 0 Å². The number of aromatic nitrogens is 3. The van der Waals surface area contributed by atoms with Crippen LogP contribution in [-0.4, -0.2) is 39.1 Å². The van der Waals surface area contributed by atoms with Gasteiger partial charge in [0.05, 0.1) is 16.6 Å². The van der Waals surface area contributed by atoms with Gasteiger partial charge in [-0.15, -0.1) is 0 Å². The molecule has 4 heteroatoms. The Bertz CT molecular complexity index is 1050. The molecule has 140 valence electrons. The van der Waals surface area contributed by atoms with E-state index in [4.69, 9.17) is 9.97 Å². The number of hydrogen-bond acceptors (Lipinski definition) is 3. The Kier molecular flexibility index (Phi) is 5.35. The van der Waals surface area contributed by atoms with Gasteiger partial charge >= 0.3 is 0 Å². The van der Waals surface area contributed by atoms with Crippen LogP contribution in [0.1, 0.15) is 33.1 Å². The van der Waals surface area contributed by atoms with Crippen molar-refractivity contribution in [3.8, 4) is 0 Å². The molecule has 0 spiro atoms. The topological polar surface area (TPSA) is 34.0 Å². The summed E-state index contributed by atoms with van der Waals surface area (Å²) in [7, 11) is 0. The van der Waals surface area contributed by atoms with E-state index in [9.17, 15) is 0 Å². The minimum absolute atomic E-state index is 0.965. The molecule has 0 saturated heterocycles. The van der Waals surface area contributed by atoms with E-state index >= 15 is 0 Å². The van der Waals surface area contributed by atoms with Crippen molar-refractivity contribution in [1.82, 2.24) is 19.4 Å². The lowest BCUT2D eigenvalue weighted by Gasteiger charge is -2.17. The van der Waals surface area contributed by atoms with Gasteiger partial charge in [0.25, 0.3) is 0 Å². The lowest BCUT2D eigenvalue weighted by Crippen LogP contribution is -2.23. The van der Waals surface area contributed by atoms with E-state index < -0.39 is 0 Å². The van der Waals surface area contributed by atoms with Gasteiger partial charge in [-0.1, -0.05) is 50.6 Å². The zero-order valence-corrected chi connectivity index (χ0v) is 16.4. The van der Waals surface area contributed by atoms with Crippen molar-refractivity contribution in [2.45, 2.75) is 39.7 Å². The fraction of sp³-hybridized carbons (Fsp3) is 0.391. The van der Waals surface area contributed by atoms with Gasteiger partial charge in [-0.3, -0.25) is 0 Å². The molecule has 0 N–H and O–H groups in total. The molecule has 0 aliphatic heterocycles. The molecule has 0 amide bonds. The number of hydrogen-bond donors (Lipinski definition) is 0. The van der Waals surface area contributed by atoms with E-state index in [0.29, 0.717) is 0 Å². The Morgan fingerprint density at radius 1 is 0.815 bits per heavy atom. The Balaban J connectivity index is 1.61. The Labute approximate surface area is 160 Å². The third-order valence-corrected chi connectivity index (χ3v) is 5.51. The van der Waals surface area contributed by atoms with Crippen LogP contribution in [0.5, 0.6) is 0 Å². The molecule has 0 aliphatic rings. The molecule has 4 nitrogen and oxygen atoms in total. The van der Waals surface area contributed by atoms with Gasteiger partial charge < -0.3 is 9.47 Å². The van der Waals surface area contributed by atoms with E-state index in [2.05, 4.69) is 47.6 Å². The molecule has 2 heterocycles. The second-order valence-electron chi connectivity index (χ2n) is 7.14.